The Morgan fingerprint density at radius 2 is 2.17 bits per heavy atom. The molecule has 0 saturated carbocycles. The Hall–Kier alpha value is -1.08. The van der Waals surface area contributed by atoms with Crippen LogP contribution in [0.25, 0.3) is 0 Å². The van der Waals surface area contributed by atoms with E-state index in [0.29, 0.717) is 12.0 Å². The van der Waals surface area contributed by atoms with Gasteiger partial charge >= 0.3 is 0 Å². The summed E-state index contributed by atoms with van der Waals surface area (Å²) in [6, 6.07) is 0. The van der Waals surface area contributed by atoms with Crippen LogP contribution in [0.3, 0.4) is 0 Å². The molecule has 2 aliphatic rings. The summed E-state index contributed by atoms with van der Waals surface area (Å²) in [6.45, 7) is 8.44. The zero-order valence-electron chi connectivity index (χ0n) is 7.60. The molecule has 2 nitrogen and oxygen atoms in total. The number of nitrogens with zero attached hydrogens (tertiary/aromatic N) is 1. The van der Waals surface area contributed by atoms with Crippen LogP contribution in [0.5, 0.6) is 0 Å². The summed E-state index contributed by atoms with van der Waals surface area (Å²) >= 11 is 0. The molecule has 0 aromatic rings. The van der Waals surface area contributed by atoms with Crippen LogP contribution in [0.4, 0.5) is 0 Å². The minimum Gasteiger partial charge on any atom is -0.402 e. The van der Waals surface area contributed by atoms with Crippen LogP contribution >= 0.6 is 0 Å². The second-order valence-electron chi connectivity index (χ2n) is 4.21. The quantitative estimate of drug-likeness (QED) is 0.545. The number of fused-ring (bicyclic) bond motifs is 2. The molecule has 2 aliphatic heterocycles. The van der Waals surface area contributed by atoms with E-state index in [1.165, 1.54) is 6.42 Å². The molecule has 3 heteroatoms. The maximum atomic E-state index is 5.79. The SMILES string of the molecule is [CH2-]C1(C)OC2CC1CN(C)C2.[Lr]. The number of ether oxygens (including phenoxy) is 1. The van der Waals surface area contributed by atoms with Gasteiger partial charge < -0.3 is 16.6 Å². The van der Waals surface area contributed by atoms with Crippen molar-refractivity contribution in [2.75, 3.05) is 20.1 Å². The van der Waals surface area contributed by atoms with E-state index < -0.39 is 0 Å². The Bertz CT molecular complexity index is 172. The van der Waals surface area contributed by atoms with Crippen molar-refractivity contribution in [3.63, 3.8) is 0 Å². The van der Waals surface area contributed by atoms with Crippen LogP contribution in [-0.4, -0.2) is 36.7 Å². The summed E-state index contributed by atoms with van der Waals surface area (Å²) < 4.78 is 5.79. The third-order valence-corrected chi connectivity index (χ3v) is 2.89. The second kappa shape index (κ2) is 2.46. The molecule has 2 bridgehead atoms. The summed E-state index contributed by atoms with van der Waals surface area (Å²) in [7, 11) is 2.16. The van der Waals surface area contributed by atoms with Gasteiger partial charge in [0, 0.05) is 13.1 Å². The Morgan fingerprint density at radius 1 is 1.50 bits per heavy atom. The van der Waals surface area contributed by atoms with Gasteiger partial charge in [-0.2, -0.15) is 0 Å². The largest absolute Gasteiger partial charge is 0.402 e. The molecule has 3 unspecified atom stereocenters. The molecule has 0 aromatic carbocycles. The maximum Gasteiger partial charge on any atom is 0.0676 e. The Morgan fingerprint density at radius 3 is 2.75 bits per heavy atom. The van der Waals surface area contributed by atoms with Crippen molar-refractivity contribution in [2.24, 2.45) is 5.92 Å². The van der Waals surface area contributed by atoms with Crippen LogP contribution in [0.1, 0.15) is 13.3 Å². The summed E-state index contributed by atoms with van der Waals surface area (Å²) in [4.78, 5) is 2.34. The van der Waals surface area contributed by atoms with Crippen LogP contribution in [0.15, 0.2) is 0 Å². The zero-order chi connectivity index (χ0) is 8.06. The van der Waals surface area contributed by atoms with E-state index in [4.69, 9.17) is 4.74 Å². The third kappa shape index (κ3) is 1.16. The van der Waals surface area contributed by atoms with Crippen molar-refractivity contribution in [3.05, 3.63) is 6.92 Å². The van der Waals surface area contributed by atoms with E-state index in [2.05, 4.69) is 25.8 Å². The number of hydrogen-bond donors (Lipinski definition) is 0. The fourth-order valence-electron chi connectivity index (χ4n) is 2.27. The van der Waals surface area contributed by atoms with Gasteiger partial charge in [0.25, 0.3) is 0 Å². The van der Waals surface area contributed by atoms with E-state index in [1.54, 1.807) is 0 Å². The van der Waals surface area contributed by atoms with Crippen molar-refractivity contribution in [2.45, 2.75) is 25.0 Å². The molecule has 2 fully saturated rings. The second-order valence-corrected chi connectivity index (χ2v) is 4.21. The van der Waals surface area contributed by atoms with Gasteiger partial charge in [0.05, 0.1) is 6.10 Å². The number of piperidine rings is 1. The van der Waals surface area contributed by atoms with Crippen molar-refractivity contribution in [1.29, 1.82) is 0 Å². The van der Waals surface area contributed by atoms with Gasteiger partial charge in [0.2, 0.25) is 0 Å². The van der Waals surface area contributed by atoms with E-state index in [-0.39, 0.29) is 5.60 Å². The fraction of sp³-hybridized carbons (Fsp3) is 0.889. The monoisotopic (exact) mass is 416 g/mol. The average Bonchev–Trinajstić information content (AvgIpc) is 2.02. The molecule has 2 heterocycles. The molecule has 0 amide bonds. The molecular weight excluding hydrogens is 400 g/mol. The minimum atomic E-state index is -0.116. The molecule has 1 radical (unpaired) electrons. The molecule has 0 aliphatic carbocycles. The molecule has 12 heavy (non-hydrogen) atoms. The molecule has 0 spiro atoms. The Labute approximate surface area is 68.5 Å². The zero-order valence-corrected chi connectivity index (χ0v) is 9.75. The van der Waals surface area contributed by atoms with Crippen LogP contribution < -0.4 is 0 Å². The molecule has 3 atom stereocenters. The van der Waals surface area contributed by atoms with Crippen molar-refractivity contribution in [1.82, 2.24) is 4.90 Å². The normalized spacial score (nSPS) is 47.2. The van der Waals surface area contributed by atoms with Crippen LogP contribution in [0, 0.1) is 12.8 Å². The Kier molecular flexibility index (Phi) is 1.85. The first-order valence-electron chi connectivity index (χ1n) is 4.29. The summed E-state index contributed by atoms with van der Waals surface area (Å²) in [5, 5.41) is 0. The minimum absolute atomic E-state index is 0. The molecule has 0 aromatic heterocycles. The number of rotatable bonds is 0. The number of hydrogen-bond acceptors (Lipinski definition) is 2. The molecule has 2 rings (SSSR count). The summed E-state index contributed by atoms with van der Waals surface area (Å²) in [6.07, 6.45) is 1.66. The number of likely N-dealkylation sites (tertiary alicyclic amines) is 1. The maximum absolute atomic E-state index is 5.79. The molecule has 0 N–H and O–H groups in total. The smallest absolute Gasteiger partial charge is 0.0676 e. The molecule has 2 saturated heterocycles. The van der Waals surface area contributed by atoms with Gasteiger partial charge in [-0.1, -0.05) is 12.5 Å². The first-order valence-corrected chi connectivity index (χ1v) is 4.29. The number of likely N-dealkylation sites (N-methyl/N-ethyl adjacent to an activating group) is 1. The molecular formula is C9H16LrNO-. The fourth-order valence-corrected chi connectivity index (χ4v) is 2.27. The third-order valence-electron chi connectivity index (χ3n) is 2.89. The summed E-state index contributed by atoms with van der Waals surface area (Å²) in [5.41, 5.74) is -0.116. The predicted molar refractivity (Wildman–Crippen MR) is 44.2 cm³/mol. The van der Waals surface area contributed by atoms with Gasteiger partial charge in [0.15, 0.2) is 0 Å². The van der Waals surface area contributed by atoms with E-state index in [1.807, 2.05) is 0 Å². The standard InChI is InChI=1S/C9H16NO.Lr/c1-9(2)7-4-8(11-9)6-10(3)5-7;/h7-8H,1,4-6H2,2-3H3;/q-1;. The average molecular weight is 416 g/mol. The summed E-state index contributed by atoms with van der Waals surface area (Å²) in [5.74, 6) is 0.645. The topological polar surface area (TPSA) is 12.5 Å². The van der Waals surface area contributed by atoms with Gasteiger partial charge in [-0.25, -0.2) is 0 Å². The van der Waals surface area contributed by atoms with Gasteiger partial charge in [-0.05, 0) is 19.4 Å². The van der Waals surface area contributed by atoms with E-state index in [9.17, 15) is 0 Å². The first kappa shape index (κ1) is 9.01. The van der Waals surface area contributed by atoms with Crippen LogP contribution in [0.2, 0.25) is 0 Å². The van der Waals surface area contributed by atoms with Gasteiger partial charge in [0.1, 0.15) is 0 Å². The first-order chi connectivity index (χ1) is 5.08. The van der Waals surface area contributed by atoms with Crippen LogP contribution in [-0.2, 0) is 4.74 Å². The van der Waals surface area contributed by atoms with Gasteiger partial charge in [-0.15, -0.1) is 0 Å². The van der Waals surface area contributed by atoms with E-state index >= 15 is 0 Å². The van der Waals surface area contributed by atoms with Crippen molar-refractivity contribution < 1.29 is 4.74 Å². The van der Waals surface area contributed by atoms with Gasteiger partial charge in [-0.3, -0.25) is 0 Å². The predicted octanol–water partition coefficient (Wildman–Crippen LogP) is 0.930. The van der Waals surface area contributed by atoms with E-state index in [0.717, 1.165) is 13.1 Å². The Balaban J connectivity index is 0.000000720. The van der Waals surface area contributed by atoms with Crippen molar-refractivity contribution in [3.8, 4) is 0 Å². The molecule has 79 valence electrons. The van der Waals surface area contributed by atoms with Crippen molar-refractivity contribution >= 4 is 0 Å².